The summed E-state index contributed by atoms with van der Waals surface area (Å²) in [6.45, 7) is 4.30. The molecule has 6 nitrogen and oxygen atoms in total. The van der Waals surface area contributed by atoms with E-state index in [4.69, 9.17) is 14.5 Å². The van der Waals surface area contributed by atoms with Gasteiger partial charge in [-0.25, -0.2) is 4.98 Å². The van der Waals surface area contributed by atoms with Crippen LogP contribution in [0.15, 0.2) is 72.8 Å². The Morgan fingerprint density at radius 3 is 2.61 bits per heavy atom. The lowest BCUT2D eigenvalue weighted by atomic mass is 10.1. The number of ether oxygens (including phenoxy) is 2. The van der Waals surface area contributed by atoms with Crippen molar-refractivity contribution in [3.8, 4) is 11.5 Å². The minimum atomic E-state index is 0.0458. The van der Waals surface area contributed by atoms with Gasteiger partial charge >= 0.3 is 0 Å². The van der Waals surface area contributed by atoms with Gasteiger partial charge in [0.1, 0.15) is 17.3 Å². The first-order chi connectivity index (χ1) is 17.7. The zero-order valence-electron chi connectivity index (χ0n) is 21.0. The molecule has 1 aliphatic rings. The summed E-state index contributed by atoms with van der Waals surface area (Å²) in [5.41, 5.74) is 4.29. The Labute approximate surface area is 212 Å². The van der Waals surface area contributed by atoms with Crippen LogP contribution in [0.2, 0.25) is 0 Å². The highest BCUT2D eigenvalue weighted by molar-refractivity contribution is 5.96. The molecule has 1 atom stereocenters. The molecule has 3 aromatic carbocycles. The van der Waals surface area contributed by atoms with Crippen molar-refractivity contribution in [2.75, 3.05) is 25.2 Å². The van der Waals surface area contributed by atoms with E-state index >= 15 is 0 Å². The van der Waals surface area contributed by atoms with Crippen LogP contribution < -0.4 is 14.4 Å². The first kappa shape index (κ1) is 23.9. The number of anilines is 1. The minimum absolute atomic E-state index is 0.0458. The summed E-state index contributed by atoms with van der Waals surface area (Å²) < 4.78 is 13.6. The Balaban J connectivity index is 1.27. The van der Waals surface area contributed by atoms with Crippen LogP contribution in [0.5, 0.6) is 11.5 Å². The second kappa shape index (κ2) is 10.9. The second-order valence-electron chi connectivity index (χ2n) is 9.27. The predicted octanol–water partition coefficient (Wildman–Crippen LogP) is 5.99. The van der Waals surface area contributed by atoms with E-state index in [1.54, 1.807) is 7.11 Å². The minimum Gasteiger partial charge on any atom is -0.497 e. The molecule has 1 aromatic heterocycles. The number of aryl methyl sites for hydroxylation is 2. The number of fused-ring (bicyclic) bond motifs is 1. The number of rotatable bonds is 10. The van der Waals surface area contributed by atoms with Gasteiger partial charge in [0.15, 0.2) is 0 Å². The van der Waals surface area contributed by atoms with Crippen molar-refractivity contribution >= 4 is 22.6 Å². The number of unbranched alkanes of at least 4 members (excludes halogenated alkanes) is 1. The van der Waals surface area contributed by atoms with Gasteiger partial charge < -0.3 is 18.9 Å². The van der Waals surface area contributed by atoms with Crippen LogP contribution in [0.3, 0.4) is 0 Å². The third kappa shape index (κ3) is 5.08. The van der Waals surface area contributed by atoms with Gasteiger partial charge in [-0.2, -0.15) is 0 Å². The van der Waals surface area contributed by atoms with Crippen molar-refractivity contribution in [1.29, 1.82) is 0 Å². The number of methoxy groups -OCH3 is 1. The molecule has 0 bridgehead atoms. The van der Waals surface area contributed by atoms with Gasteiger partial charge in [0, 0.05) is 37.2 Å². The molecule has 0 saturated carbocycles. The molecule has 186 valence electrons. The van der Waals surface area contributed by atoms with E-state index in [-0.39, 0.29) is 11.8 Å². The third-order valence-corrected chi connectivity index (χ3v) is 6.92. The van der Waals surface area contributed by atoms with E-state index in [0.717, 1.165) is 59.9 Å². The first-order valence-electron chi connectivity index (χ1n) is 12.8. The lowest BCUT2D eigenvalue weighted by Crippen LogP contribution is -2.24. The zero-order valence-corrected chi connectivity index (χ0v) is 21.0. The van der Waals surface area contributed by atoms with E-state index in [0.29, 0.717) is 19.6 Å². The Bertz CT molecular complexity index is 1330. The average Bonchev–Trinajstić information content (AvgIpc) is 3.49. The molecule has 0 aliphatic carbocycles. The number of carbonyl (C=O) groups excluding carboxylic acids is 1. The standard InChI is InChI=1S/C30H33N3O3/c1-3-22-13-15-25(16-14-22)36-18-7-6-17-32-28-12-5-4-11-27(28)31-30(32)23-19-29(34)33(21-23)24-9-8-10-26(20-24)35-2/h4-5,8-16,20,23H,3,6-7,17-19,21H2,1-2H3. The Morgan fingerprint density at radius 1 is 0.972 bits per heavy atom. The molecule has 36 heavy (non-hydrogen) atoms. The van der Waals surface area contributed by atoms with Crippen molar-refractivity contribution in [2.24, 2.45) is 0 Å². The SMILES string of the molecule is CCc1ccc(OCCCCn2c(C3CC(=O)N(c4cccc(OC)c4)C3)nc3ccccc32)cc1. The van der Waals surface area contributed by atoms with Crippen molar-refractivity contribution in [2.45, 2.75) is 45.1 Å². The van der Waals surface area contributed by atoms with Gasteiger partial charge in [-0.05, 0) is 61.2 Å². The highest BCUT2D eigenvalue weighted by Gasteiger charge is 2.35. The zero-order chi connectivity index (χ0) is 24.9. The van der Waals surface area contributed by atoms with Crippen LogP contribution in [0.4, 0.5) is 5.69 Å². The van der Waals surface area contributed by atoms with Crippen LogP contribution in [0.25, 0.3) is 11.0 Å². The highest BCUT2D eigenvalue weighted by atomic mass is 16.5. The lowest BCUT2D eigenvalue weighted by Gasteiger charge is -2.18. The van der Waals surface area contributed by atoms with Crippen molar-refractivity contribution in [3.05, 3.63) is 84.2 Å². The van der Waals surface area contributed by atoms with Crippen LogP contribution in [0, 0.1) is 0 Å². The molecule has 6 heteroatoms. The molecular formula is C30H33N3O3. The van der Waals surface area contributed by atoms with Crippen LogP contribution in [-0.4, -0.2) is 35.7 Å². The molecule has 4 aromatic rings. The van der Waals surface area contributed by atoms with Gasteiger partial charge in [-0.3, -0.25) is 4.79 Å². The lowest BCUT2D eigenvalue weighted by molar-refractivity contribution is -0.117. The normalized spacial score (nSPS) is 15.6. The molecule has 5 rings (SSSR count). The maximum atomic E-state index is 13.0. The maximum Gasteiger partial charge on any atom is 0.227 e. The Hall–Kier alpha value is -3.80. The molecule has 2 heterocycles. The number of aromatic nitrogens is 2. The molecule has 1 fully saturated rings. The molecule has 0 spiro atoms. The predicted molar refractivity (Wildman–Crippen MR) is 143 cm³/mol. The number of para-hydroxylation sites is 2. The summed E-state index contributed by atoms with van der Waals surface area (Å²) >= 11 is 0. The third-order valence-electron chi connectivity index (χ3n) is 6.92. The van der Waals surface area contributed by atoms with Crippen molar-refractivity contribution < 1.29 is 14.3 Å². The Morgan fingerprint density at radius 2 is 1.81 bits per heavy atom. The number of imidazole rings is 1. The molecule has 1 saturated heterocycles. The number of hydrogen-bond donors (Lipinski definition) is 0. The van der Waals surface area contributed by atoms with Gasteiger partial charge in [-0.15, -0.1) is 0 Å². The molecule has 1 unspecified atom stereocenters. The summed E-state index contributed by atoms with van der Waals surface area (Å²) in [5.74, 6) is 2.83. The first-order valence-corrected chi connectivity index (χ1v) is 12.8. The number of benzene rings is 3. The van der Waals surface area contributed by atoms with Crippen molar-refractivity contribution in [3.63, 3.8) is 0 Å². The number of hydrogen-bond acceptors (Lipinski definition) is 4. The van der Waals surface area contributed by atoms with Gasteiger partial charge in [0.2, 0.25) is 5.91 Å². The highest BCUT2D eigenvalue weighted by Crippen LogP contribution is 2.34. The fourth-order valence-corrected chi connectivity index (χ4v) is 4.93. The quantitative estimate of drug-likeness (QED) is 0.260. The Kier molecular flexibility index (Phi) is 7.21. The molecule has 1 amide bonds. The van der Waals surface area contributed by atoms with E-state index in [9.17, 15) is 4.79 Å². The van der Waals surface area contributed by atoms with E-state index in [2.05, 4.69) is 41.8 Å². The average molecular weight is 484 g/mol. The maximum absolute atomic E-state index is 13.0. The van der Waals surface area contributed by atoms with E-state index in [1.807, 2.05) is 47.4 Å². The summed E-state index contributed by atoms with van der Waals surface area (Å²) in [5, 5.41) is 0. The molecule has 0 N–H and O–H groups in total. The van der Waals surface area contributed by atoms with Crippen LogP contribution in [0.1, 0.15) is 43.5 Å². The summed E-state index contributed by atoms with van der Waals surface area (Å²) in [6.07, 6.45) is 3.41. The van der Waals surface area contributed by atoms with Gasteiger partial charge in [-0.1, -0.05) is 37.3 Å². The van der Waals surface area contributed by atoms with Crippen LogP contribution in [-0.2, 0) is 17.8 Å². The topological polar surface area (TPSA) is 56.6 Å². The smallest absolute Gasteiger partial charge is 0.227 e. The summed E-state index contributed by atoms with van der Waals surface area (Å²) in [4.78, 5) is 19.8. The largest absolute Gasteiger partial charge is 0.497 e. The number of nitrogens with zero attached hydrogens (tertiary/aromatic N) is 3. The summed E-state index contributed by atoms with van der Waals surface area (Å²) in [7, 11) is 1.64. The number of carbonyl (C=O) groups is 1. The monoisotopic (exact) mass is 483 g/mol. The number of amides is 1. The molecule has 0 radical (unpaired) electrons. The fourth-order valence-electron chi connectivity index (χ4n) is 4.93. The van der Waals surface area contributed by atoms with Gasteiger partial charge in [0.05, 0.1) is 24.8 Å². The van der Waals surface area contributed by atoms with Gasteiger partial charge in [0.25, 0.3) is 0 Å². The molecule has 1 aliphatic heterocycles. The van der Waals surface area contributed by atoms with Crippen LogP contribution >= 0.6 is 0 Å². The van der Waals surface area contributed by atoms with E-state index < -0.39 is 0 Å². The molecular weight excluding hydrogens is 450 g/mol. The van der Waals surface area contributed by atoms with Crippen molar-refractivity contribution in [1.82, 2.24) is 9.55 Å². The van der Waals surface area contributed by atoms with E-state index in [1.165, 1.54) is 5.56 Å². The summed E-state index contributed by atoms with van der Waals surface area (Å²) in [6, 6.07) is 24.3. The fraction of sp³-hybridized carbons (Fsp3) is 0.333. The second-order valence-corrected chi connectivity index (χ2v) is 9.27.